The maximum Gasteiger partial charge on any atom is 0.409 e. The van der Waals surface area contributed by atoms with Gasteiger partial charge in [-0.2, -0.15) is 0 Å². The predicted octanol–water partition coefficient (Wildman–Crippen LogP) is 0.814. The third-order valence-corrected chi connectivity index (χ3v) is 1.61. The first kappa shape index (κ1) is 11.2. The van der Waals surface area contributed by atoms with Gasteiger partial charge in [-0.05, 0) is 6.42 Å². The van der Waals surface area contributed by atoms with E-state index in [1.54, 1.807) is 4.90 Å². The summed E-state index contributed by atoms with van der Waals surface area (Å²) >= 11 is 0. The summed E-state index contributed by atoms with van der Waals surface area (Å²) in [6.45, 7) is 3.88. The first-order chi connectivity index (χ1) is 5.76. The van der Waals surface area contributed by atoms with Crippen LogP contribution < -0.4 is 5.73 Å². The summed E-state index contributed by atoms with van der Waals surface area (Å²) in [5, 5.41) is 0. The Labute approximate surface area is 73.7 Å². The highest BCUT2D eigenvalue weighted by Crippen LogP contribution is 1.96. The lowest BCUT2D eigenvalue weighted by molar-refractivity contribution is 0.124. The molecule has 4 nitrogen and oxygen atoms in total. The second kappa shape index (κ2) is 6.91. The maximum absolute atomic E-state index is 11.1. The number of amides is 1. The molecule has 0 aliphatic heterocycles. The molecular formula is C8H18N2O2. The Morgan fingerprint density at radius 1 is 1.50 bits per heavy atom. The van der Waals surface area contributed by atoms with Gasteiger partial charge in [-0.15, -0.1) is 0 Å². The molecule has 4 heteroatoms. The summed E-state index contributed by atoms with van der Waals surface area (Å²) in [6.07, 6.45) is 1.78. The Bertz CT molecular complexity index is 128. The van der Waals surface area contributed by atoms with E-state index < -0.39 is 0 Å². The third kappa shape index (κ3) is 4.18. The molecule has 0 unspecified atom stereocenters. The van der Waals surface area contributed by atoms with Crippen molar-refractivity contribution in [2.75, 3.05) is 26.7 Å². The molecule has 0 saturated heterocycles. The van der Waals surface area contributed by atoms with Gasteiger partial charge in [0.15, 0.2) is 0 Å². The van der Waals surface area contributed by atoms with Crippen LogP contribution in [0.4, 0.5) is 4.79 Å². The van der Waals surface area contributed by atoms with Gasteiger partial charge in [0.25, 0.3) is 0 Å². The molecule has 0 heterocycles. The molecular weight excluding hydrogens is 156 g/mol. The molecule has 0 bridgehead atoms. The molecule has 12 heavy (non-hydrogen) atoms. The van der Waals surface area contributed by atoms with Crippen LogP contribution >= 0.6 is 0 Å². The van der Waals surface area contributed by atoms with Gasteiger partial charge < -0.3 is 15.4 Å². The van der Waals surface area contributed by atoms with Crippen molar-refractivity contribution in [2.24, 2.45) is 5.73 Å². The molecule has 0 fully saturated rings. The number of rotatable bonds is 5. The van der Waals surface area contributed by atoms with Crippen molar-refractivity contribution in [2.45, 2.75) is 19.8 Å². The van der Waals surface area contributed by atoms with Crippen molar-refractivity contribution >= 4 is 6.09 Å². The van der Waals surface area contributed by atoms with Crippen molar-refractivity contribution in [3.63, 3.8) is 0 Å². The van der Waals surface area contributed by atoms with Gasteiger partial charge in [0.05, 0.1) is 7.11 Å². The smallest absolute Gasteiger partial charge is 0.409 e. The molecule has 72 valence electrons. The molecule has 1 amide bonds. The second-order valence-corrected chi connectivity index (χ2v) is 2.60. The summed E-state index contributed by atoms with van der Waals surface area (Å²) < 4.78 is 4.59. The summed E-state index contributed by atoms with van der Waals surface area (Å²) in [5.41, 5.74) is 5.34. The topological polar surface area (TPSA) is 55.6 Å². The fourth-order valence-corrected chi connectivity index (χ4v) is 0.928. The standard InChI is InChI=1S/C8H18N2O2/c1-3-4-6-10(7-5-9)8(11)12-2/h3-7,9H2,1-2H3. The quantitative estimate of drug-likeness (QED) is 0.671. The van der Waals surface area contributed by atoms with Crippen LogP contribution in [0.3, 0.4) is 0 Å². The van der Waals surface area contributed by atoms with Gasteiger partial charge in [0.1, 0.15) is 0 Å². The normalized spacial score (nSPS) is 9.58. The van der Waals surface area contributed by atoms with Crippen molar-refractivity contribution in [1.82, 2.24) is 4.90 Å². The molecule has 0 rings (SSSR count). The minimum Gasteiger partial charge on any atom is -0.453 e. The van der Waals surface area contributed by atoms with Gasteiger partial charge in [-0.3, -0.25) is 0 Å². The highest BCUT2D eigenvalue weighted by atomic mass is 16.5. The fraction of sp³-hybridized carbons (Fsp3) is 0.875. The number of hydrogen-bond acceptors (Lipinski definition) is 3. The average molecular weight is 174 g/mol. The van der Waals surface area contributed by atoms with Crippen molar-refractivity contribution in [3.05, 3.63) is 0 Å². The molecule has 0 aromatic carbocycles. The SMILES string of the molecule is CCCCN(CCN)C(=O)OC. The molecule has 0 aromatic rings. The van der Waals surface area contributed by atoms with Gasteiger partial charge in [-0.1, -0.05) is 13.3 Å². The average Bonchev–Trinajstić information content (AvgIpc) is 2.11. The first-order valence-corrected chi connectivity index (χ1v) is 4.29. The summed E-state index contributed by atoms with van der Waals surface area (Å²) in [4.78, 5) is 12.7. The fourth-order valence-electron chi connectivity index (χ4n) is 0.928. The van der Waals surface area contributed by atoms with E-state index in [9.17, 15) is 4.79 Å². The molecule has 0 aliphatic carbocycles. The van der Waals surface area contributed by atoms with Crippen LogP contribution in [0.25, 0.3) is 0 Å². The summed E-state index contributed by atoms with van der Waals surface area (Å²) in [6, 6.07) is 0. The number of unbranched alkanes of at least 4 members (excludes halogenated alkanes) is 1. The predicted molar refractivity (Wildman–Crippen MR) is 47.9 cm³/mol. The van der Waals surface area contributed by atoms with Gasteiger partial charge in [0.2, 0.25) is 0 Å². The number of ether oxygens (including phenoxy) is 1. The summed E-state index contributed by atoms with van der Waals surface area (Å²) in [5.74, 6) is 0. The van der Waals surface area contributed by atoms with E-state index in [-0.39, 0.29) is 6.09 Å². The number of hydrogen-bond donors (Lipinski definition) is 1. The zero-order valence-corrected chi connectivity index (χ0v) is 7.88. The Hall–Kier alpha value is -0.770. The van der Waals surface area contributed by atoms with Crippen LogP contribution in [-0.4, -0.2) is 37.7 Å². The lowest BCUT2D eigenvalue weighted by Gasteiger charge is -2.19. The Kier molecular flexibility index (Phi) is 6.47. The van der Waals surface area contributed by atoms with E-state index in [1.165, 1.54) is 7.11 Å². The highest BCUT2D eigenvalue weighted by molar-refractivity contribution is 5.67. The molecule has 0 atom stereocenters. The number of methoxy groups -OCH3 is 1. The van der Waals surface area contributed by atoms with Gasteiger partial charge >= 0.3 is 6.09 Å². The van der Waals surface area contributed by atoms with E-state index in [0.717, 1.165) is 19.4 Å². The third-order valence-electron chi connectivity index (χ3n) is 1.61. The zero-order valence-electron chi connectivity index (χ0n) is 7.88. The van der Waals surface area contributed by atoms with E-state index in [2.05, 4.69) is 11.7 Å². The maximum atomic E-state index is 11.1. The molecule has 0 aliphatic rings. The Morgan fingerprint density at radius 3 is 2.58 bits per heavy atom. The van der Waals surface area contributed by atoms with Gasteiger partial charge in [-0.25, -0.2) is 4.79 Å². The van der Waals surface area contributed by atoms with Crippen LogP contribution in [0.2, 0.25) is 0 Å². The van der Waals surface area contributed by atoms with E-state index in [0.29, 0.717) is 13.1 Å². The lowest BCUT2D eigenvalue weighted by atomic mass is 10.3. The van der Waals surface area contributed by atoms with Crippen LogP contribution in [0, 0.1) is 0 Å². The van der Waals surface area contributed by atoms with Crippen molar-refractivity contribution < 1.29 is 9.53 Å². The lowest BCUT2D eigenvalue weighted by Crippen LogP contribution is -2.35. The Balaban J connectivity index is 3.76. The van der Waals surface area contributed by atoms with Crippen molar-refractivity contribution in [1.29, 1.82) is 0 Å². The minimum atomic E-state index is -0.283. The molecule has 0 saturated carbocycles. The molecule has 0 spiro atoms. The van der Waals surface area contributed by atoms with Crippen molar-refractivity contribution in [3.8, 4) is 0 Å². The zero-order chi connectivity index (χ0) is 9.40. The number of carbonyl (C=O) groups excluding carboxylic acids is 1. The van der Waals surface area contributed by atoms with E-state index in [4.69, 9.17) is 5.73 Å². The summed E-state index contributed by atoms with van der Waals surface area (Å²) in [7, 11) is 1.39. The van der Waals surface area contributed by atoms with Crippen LogP contribution in [0.15, 0.2) is 0 Å². The van der Waals surface area contributed by atoms with Crippen LogP contribution in [-0.2, 0) is 4.74 Å². The number of nitrogens with zero attached hydrogens (tertiary/aromatic N) is 1. The number of nitrogens with two attached hydrogens (primary N) is 1. The van der Waals surface area contributed by atoms with Crippen LogP contribution in [0.1, 0.15) is 19.8 Å². The van der Waals surface area contributed by atoms with E-state index in [1.807, 2.05) is 0 Å². The number of carbonyl (C=O) groups is 1. The molecule has 0 radical (unpaired) electrons. The largest absolute Gasteiger partial charge is 0.453 e. The van der Waals surface area contributed by atoms with Crippen LogP contribution in [0.5, 0.6) is 0 Å². The monoisotopic (exact) mass is 174 g/mol. The van der Waals surface area contributed by atoms with Gasteiger partial charge in [0, 0.05) is 19.6 Å². The minimum absolute atomic E-state index is 0.283. The molecule has 0 aromatic heterocycles. The second-order valence-electron chi connectivity index (χ2n) is 2.60. The highest BCUT2D eigenvalue weighted by Gasteiger charge is 2.10. The Morgan fingerprint density at radius 2 is 2.17 bits per heavy atom. The van der Waals surface area contributed by atoms with E-state index >= 15 is 0 Å². The molecule has 2 N–H and O–H groups in total. The first-order valence-electron chi connectivity index (χ1n) is 4.29.